The zero-order chi connectivity index (χ0) is 16.7. The van der Waals surface area contributed by atoms with Crippen LogP contribution in [0.1, 0.15) is 19.8 Å². The van der Waals surface area contributed by atoms with E-state index in [4.69, 9.17) is 27.9 Å². The van der Waals surface area contributed by atoms with E-state index in [2.05, 4.69) is 22.4 Å². The van der Waals surface area contributed by atoms with Gasteiger partial charge in [0, 0.05) is 10.8 Å². The highest BCUT2D eigenvalue weighted by Crippen LogP contribution is 2.28. The van der Waals surface area contributed by atoms with Gasteiger partial charge in [-0.2, -0.15) is 0 Å². The monoisotopic (exact) mass is 391 g/mol. The van der Waals surface area contributed by atoms with Crippen LogP contribution in [0.15, 0.2) is 22.5 Å². The minimum Gasteiger partial charge on any atom is -0.482 e. The topological polar surface area (TPSA) is 64.1 Å². The van der Waals surface area contributed by atoms with Crippen molar-refractivity contribution in [3.05, 3.63) is 28.2 Å². The lowest BCUT2D eigenvalue weighted by atomic mass is 10.3. The van der Waals surface area contributed by atoms with Crippen LogP contribution in [0, 0.1) is 0 Å². The van der Waals surface area contributed by atoms with E-state index in [-0.39, 0.29) is 12.5 Å². The van der Waals surface area contributed by atoms with E-state index in [1.54, 1.807) is 30.0 Å². The molecule has 1 aromatic carbocycles. The van der Waals surface area contributed by atoms with Crippen LogP contribution in [0.4, 0.5) is 5.13 Å². The smallest absolute Gasteiger partial charge is 0.264 e. The minimum absolute atomic E-state index is 0.167. The maximum absolute atomic E-state index is 11.9. The van der Waals surface area contributed by atoms with Crippen molar-refractivity contribution >= 4 is 57.3 Å². The lowest BCUT2D eigenvalue weighted by Crippen LogP contribution is -2.20. The first kappa shape index (κ1) is 18.3. The molecule has 0 aliphatic heterocycles. The summed E-state index contributed by atoms with van der Waals surface area (Å²) in [7, 11) is 0. The van der Waals surface area contributed by atoms with Crippen molar-refractivity contribution in [2.75, 3.05) is 17.7 Å². The van der Waals surface area contributed by atoms with Gasteiger partial charge in [-0.25, -0.2) is 0 Å². The molecule has 0 fully saturated rings. The fourth-order valence-corrected chi connectivity index (χ4v) is 3.90. The number of rotatable bonds is 8. The third-order valence-electron chi connectivity index (χ3n) is 2.63. The molecule has 0 aliphatic rings. The van der Waals surface area contributed by atoms with Gasteiger partial charge in [-0.15, -0.1) is 10.2 Å². The van der Waals surface area contributed by atoms with Gasteiger partial charge in [-0.05, 0) is 24.6 Å². The van der Waals surface area contributed by atoms with Gasteiger partial charge < -0.3 is 4.74 Å². The van der Waals surface area contributed by atoms with Crippen LogP contribution in [0.5, 0.6) is 5.75 Å². The molecule has 124 valence electrons. The van der Waals surface area contributed by atoms with Crippen molar-refractivity contribution in [1.82, 2.24) is 10.2 Å². The Morgan fingerprint density at radius 2 is 2.22 bits per heavy atom. The summed E-state index contributed by atoms with van der Waals surface area (Å²) >= 11 is 14.8. The maximum atomic E-state index is 11.9. The van der Waals surface area contributed by atoms with Crippen molar-refractivity contribution in [2.45, 2.75) is 24.1 Å². The third kappa shape index (κ3) is 6.18. The maximum Gasteiger partial charge on any atom is 0.264 e. The van der Waals surface area contributed by atoms with Gasteiger partial charge in [-0.3, -0.25) is 10.1 Å². The average Bonchev–Trinajstić information content (AvgIpc) is 2.94. The molecule has 1 aromatic heterocycles. The van der Waals surface area contributed by atoms with Crippen LogP contribution >= 0.6 is 46.3 Å². The number of aromatic nitrogens is 2. The number of ether oxygens (including phenoxy) is 1. The zero-order valence-electron chi connectivity index (χ0n) is 12.3. The summed E-state index contributed by atoms with van der Waals surface area (Å²) in [4.78, 5) is 11.9. The molecule has 1 heterocycles. The molecule has 0 saturated heterocycles. The molecular formula is C14H15Cl2N3O2S2. The minimum atomic E-state index is -0.322. The Morgan fingerprint density at radius 3 is 2.96 bits per heavy atom. The van der Waals surface area contributed by atoms with Gasteiger partial charge in [0.15, 0.2) is 10.9 Å². The highest BCUT2D eigenvalue weighted by atomic mass is 35.5. The van der Waals surface area contributed by atoms with Crippen molar-refractivity contribution < 1.29 is 9.53 Å². The fourth-order valence-electron chi connectivity index (χ4n) is 1.51. The number of nitrogens with one attached hydrogen (secondary N) is 1. The van der Waals surface area contributed by atoms with E-state index in [0.29, 0.717) is 20.9 Å². The van der Waals surface area contributed by atoms with E-state index >= 15 is 0 Å². The van der Waals surface area contributed by atoms with E-state index < -0.39 is 0 Å². The number of halogens is 2. The molecule has 23 heavy (non-hydrogen) atoms. The van der Waals surface area contributed by atoms with Crippen LogP contribution in [0.2, 0.25) is 10.0 Å². The summed E-state index contributed by atoms with van der Waals surface area (Å²) in [5, 5.41) is 11.9. The van der Waals surface area contributed by atoms with Crippen LogP contribution in [-0.4, -0.2) is 28.5 Å². The number of benzene rings is 1. The molecule has 0 saturated carbocycles. The summed E-state index contributed by atoms with van der Waals surface area (Å²) in [5.41, 5.74) is 0. The summed E-state index contributed by atoms with van der Waals surface area (Å²) in [6, 6.07) is 4.82. The van der Waals surface area contributed by atoms with Gasteiger partial charge in [0.25, 0.3) is 5.91 Å². The molecule has 5 nitrogen and oxygen atoms in total. The van der Waals surface area contributed by atoms with Gasteiger partial charge in [0.2, 0.25) is 5.13 Å². The molecule has 1 amide bonds. The Bertz CT molecular complexity index is 667. The van der Waals surface area contributed by atoms with Crippen molar-refractivity contribution in [2.24, 2.45) is 0 Å². The molecule has 0 bridgehead atoms. The Morgan fingerprint density at radius 1 is 1.39 bits per heavy atom. The predicted molar refractivity (Wildman–Crippen MR) is 96.1 cm³/mol. The number of carbonyl (C=O) groups excluding carboxylic acids is 1. The first-order chi connectivity index (χ1) is 11.1. The number of anilines is 1. The summed E-state index contributed by atoms with van der Waals surface area (Å²) in [5.74, 6) is 1.08. The van der Waals surface area contributed by atoms with Gasteiger partial charge in [0.05, 0.1) is 5.02 Å². The number of hydrogen-bond donors (Lipinski definition) is 1. The first-order valence-corrected chi connectivity index (χ1v) is 9.48. The van der Waals surface area contributed by atoms with Crippen LogP contribution < -0.4 is 10.1 Å². The molecular weight excluding hydrogens is 377 g/mol. The molecule has 0 spiro atoms. The average molecular weight is 392 g/mol. The second-order valence-corrected chi connectivity index (χ2v) is 7.65. The standard InChI is InChI=1S/C14H15Cl2N3O2S2/c1-2-3-6-22-14-19-18-13(23-14)17-12(20)8-21-11-5-4-9(15)7-10(11)16/h4-5,7H,2-3,6,8H2,1H3,(H,17,18,20). The SMILES string of the molecule is CCCCSc1nnc(NC(=O)COc2ccc(Cl)cc2Cl)s1. The Kier molecular flexibility index (Phi) is 7.42. The lowest BCUT2D eigenvalue weighted by molar-refractivity contribution is -0.118. The molecule has 0 radical (unpaired) electrons. The first-order valence-electron chi connectivity index (χ1n) is 6.92. The van der Waals surface area contributed by atoms with Crippen LogP contribution in [-0.2, 0) is 4.79 Å². The molecule has 2 rings (SSSR count). The Hall–Kier alpha value is -1.02. The van der Waals surface area contributed by atoms with E-state index in [9.17, 15) is 4.79 Å². The normalized spacial score (nSPS) is 10.6. The molecule has 0 aliphatic carbocycles. The van der Waals surface area contributed by atoms with Crippen LogP contribution in [0.25, 0.3) is 0 Å². The number of unbranched alkanes of at least 4 members (excludes halogenated alkanes) is 1. The summed E-state index contributed by atoms with van der Waals surface area (Å²) in [6.45, 7) is 1.97. The molecule has 2 aromatic rings. The van der Waals surface area contributed by atoms with Crippen molar-refractivity contribution in [1.29, 1.82) is 0 Å². The second-order valence-electron chi connectivity index (χ2n) is 4.49. The highest BCUT2D eigenvalue weighted by Gasteiger charge is 2.10. The van der Waals surface area contributed by atoms with Crippen LogP contribution in [0.3, 0.4) is 0 Å². The fraction of sp³-hybridized carbons (Fsp3) is 0.357. The van der Waals surface area contributed by atoms with Crippen molar-refractivity contribution in [3.8, 4) is 5.75 Å². The number of thioether (sulfide) groups is 1. The molecule has 0 unspecified atom stereocenters. The Balaban J connectivity index is 1.80. The molecule has 0 atom stereocenters. The largest absolute Gasteiger partial charge is 0.482 e. The molecule has 9 heteroatoms. The number of amides is 1. The molecule has 1 N–H and O–H groups in total. The lowest BCUT2D eigenvalue weighted by Gasteiger charge is -2.07. The number of carbonyl (C=O) groups is 1. The summed E-state index contributed by atoms with van der Waals surface area (Å²) in [6.07, 6.45) is 2.27. The zero-order valence-corrected chi connectivity index (χ0v) is 15.5. The van der Waals surface area contributed by atoms with Gasteiger partial charge in [0.1, 0.15) is 5.75 Å². The number of hydrogen-bond acceptors (Lipinski definition) is 6. The van der Waals surface area contributed by atoms with E-state index in [0.717, 1.165) is 22.9 Å². The quantitative estimate of drug-likeness (QED) is 0.399. The van der Waals surface area contributed by atoms with Gasteiger partial charge >= 0.3 is 0 Å². The predicted octanol–water partition coefficient (Wildman–Crippen LogP) is 4.75. The van der Waals surface area contributed by atoms with Crippen molar-refractivity contribution in [3.63, 3.8) is 0 Å². The van der Waals surface area contributed by atoms with E-state index in [1.807, 2.05) is 0 Å². The second kappa shape index (κ2) is 9.32. The van der Waals surface area contributed by atoms with Gasteiger partial charge in [-0.1, -0.05) is 59.6 Å². The summed E-state index contributed by atoms with van der Waals surface area (Å²) < 4.78 is 6.20. The Labute approximate surface area is 152 Å². The highest BCUT2D eigenvalue weighted by molar-refractivity contribution is 8.01. The van der Waals surface area contributed by atoms with E-state index in [1.165, 1.54) is 11.3 Å². The third-order valence-corrected chi connectivity index (χ3v) is 5.22. The number of nitrogens with zero attached hydrogens (tertiary/aromatic N) is 2.